The summed E-state index contributed by atoms with van der Waals surface area (Å²) >= 11 is 0. The lowest BCUT2D eigenvalue weighted by Gasteiger charge is -2.14. The van der Waals surface area contributed by atoms with E-state index >= 15 is 0 Å². The second-order valence-electron chi connectivity index (χ2n) is 7.71. The molecule has 0 bridgehead atoms. The fourth-order valence-corrected chi connectivity index (χ4v) is 3.73. The Kier molecular flexibility index (Phi) is 6.16. The summed E-state index contributed by atoms with van der Waals surface area (Å²) in [5, 5.41) is 0. The van der Waals surface area contributed by atoms with Gasteiger partial charge in [0.15, 0.2) is 11.5 Å². The average Bonchev–Trinajstić information content (AvgIpc) is 3.01. The van der Waals surface area contributed by atoms with E-state index in [0.29, 0.717) is 29.4 Å². The maximum atomic E-state index is 12.6. The van der Waals surface area contributed by atoms with Gasteiger partial charge in [-0.2, -0.15) is 0 Å². The van der Waals surface area contributed by atoms with E-state index in [4.69, 9.17) is 14.5 Å². The van der Waals surface area contributed by atoms with Gasteiger partial charge in [-0.1, -0.05) is 24.1 Å². The van der Waals surface area contributed by atoms with E-state index in [1.165, 1.54) is 0 Å². The lowest BCUT2D eigenvalue weighted by Crippen LogP contribution is -2.23. The fourth-order valence-electron chi connectivity index (χ4n) is 3.73. The number of carbonyl (C=O) groups is 1. The summed E-state index contributed by atoms with van der Waals surface area (Å²) in [6, 6.07) is 14.0. The van der Waals surface area contributed by atoms with E-state index in [0.717, 1.165) is 49.2 Å². The molecule has 0 saturated carbocycles. The average molecular weight is 418 g/mol. The van der Waals surface area contributed by atoms with E-state index in [9.17, 15) is 9.59 Å². The molecule has 31 heavy (non-hydrogen) atoms. The van der Waals surface area contributed by atoms with Gasteiger partial charge in [0.25, 0.3) is 5.56 Å². The number of benzene rings is 2. The number of rotatable bonds is 5. The van der Waals surface area contributed by atoms with Gasteiger partial charge in [-0.25, -0.2) is 9.78 Å². The number of aryl methyl sites for hydroxylation is 2. The third-order valence-corrected chi connectivity index (χ3v) is 5.40. The molecular weight excluding hydrogens is 392 g/mol. The van der Waals surface area contributed by atoms with Crippen LogP contribution in [-0.4, -0.2) is 22.1 Å². The number of nitrogens with zero attached hydrogens (tertiary/aromatic N) is 2. The van der Waals surface area contributed by atoms with Crippen LogP contribution in [0, 0.1) is 6.92 Å². The highest BCUT2D eigenvalue weighted by atomic mass is 16.6. The van der Waals surface area contributed by atoms with Crippen molar-refractivity contribution in [2.45, 2.75) is 46.1 Å². The minimum atomic E-state index is -0.449. The van der Waals surface area contributed by atoms with Crippen molar-refractivity contribution < 1.29 is 14.3 Å². The molecule has 0 radical (unpaired) electrons. The van der Waals surface area contributed by atoms with Crippen LogP contribution in [0.15, 0.2) is 53.3 Å². The molecule has 1 aliphatic rings. The summed E-state index contributed by atoms with van der Waals surface area (Å²) in [4.78, 5) is 29.9. The molecule has 6 heteroatoms. The number of aromatic nitrogens is 2. The van der Waals surface area contributed by atoms with Crippen LogP contribution in [0.1, 0.15) is 47.9 Å². The maximum absolute atomic E-state index is 12.6. The molecule has 0 spiro atoms. The molecule has 1 aliphatic heterocycles. The van der Waals surface area contributed by atoms with Crippen molar-refractivity contribution in [3.8, 4) is 22.8 Å². The summed E-state index contributed by atoms with van der Waals surface area (Å²) in [6.07, 6.45) is 3.94. The van der Waals surface area contributed by atoms with Crippen molar-refractivity contribution in [1.29, 1.82) is 0 Å². The Bertz CT molecular complexity index is 1150. The Balaban J connectivity index is 1.65. The quantitative estimate of drug-likeness (QED) is 0.449. The van der Waals surface area contributed by atoms with Crippen LogP contribution in [0.25, 0.3) is 11.3 Å². The van der Waals surface area contributed by atoms with Crippen molar-refractivity contribution in [2.75, 3.05) is 6.61 Å². The van der Waals surface area contributed by atoms with Gasteiger partial charge in [0.1, 0.15) is 5.82 Å². The van der Waals surface area contributed by atoms with E-state index in [2.05, 4.69) is 0 Å². The molecular formula is C25H26N2O4. The monoisotopic (exact) mass is 418 g/mol. The Morgan fingerprint density at radius 1 is 1.03 bits per heavy atom. The third-order valence-electron chi connectivity index (χ3n) is 5.40. The third kappa shape index (κ3) is 4.68. The van der Waals surface area contributed by atoms with Gasteiger partial charge < -0.3 is 9.47 Å². The second kappa shape index (κ2) is 9.16. The number of esters is 1. The first kappa shape index (κ1) is 20.8. The number of carbonyl (C=O) groups excluding carboxylic acids is 1. The van der Waals surface area contributed by atoms with E-state index in [1.807, 2.05) is 26.0 Å². The van der Waals surface area contributed by atoms with Crippen molar-refractivity contribution in [3.63, 3.8) is 0 Å². The maximum Gasteiger partial charge on any atom is 0.343 e. The van der Waals surface area contributed by atoms with Crippen molar-refractivity contribution in [3.05, 3.63) is 75.8 Å². The van der Waals surface area contributed by atoms with E-state index < -0.39 is 5.97 Å². The lowest BCUT2D eigenvalue weighted by atomic mass is 10.1. The highest BCUT2D eigenvalue weighted by Crippen LogP contribution is 2.33. The summed E-state index contributed by atoms with van der Waals surface area (Å²) in [5.74, 6) is 1.16. The Morgan fingerprint density at radius 2 is 1.84 bits per heavy atom. The van der Waals surface area contributed by atoms with Crippen LogP contribution >= 0.6 is 0 Å². The first-order valence-electron chi connectivity index (χ1n) is 10.7. The molecule has 160 valence electrons. The van der Waals surface area contributed by atoms with Crippen LogP contribution in [0.3, 0.4) is 0 Å². The zero-order chi connectivity index (χ0) is 21.8. The molecule has 1 aromatic heterocycles. The molecule has 3 aromatic rings. The SMILES string of the molecule is CCOc1cc(-c2cc(=O)n3c(n2)CCCCC3)ccc1OC(=O)c1ccc(C)cc1. The lowest BCUT2D eigenvalue weighted by molar-refractivity contribution is 0.0728. The first-order valence-corrected chi connectivity index (χ1v) is 10.7. The molecule has 2 heterocycles. The van der Waals surface area contributed by atoms with Gasteiger partial charge in [0.05, 0.1) is 17.9 Å². The van der Waals surface area contributed by atoms with Gasteiger partial charge in [-0.3, -0.25) is 9.36 Å². The molecule has 0 amide bonds. The molecule has 2 aromatic carbocycles. The number of ether oxygens (including phenoxy) is 2. The Hall–Kier alpha value is -3.41. The summed E-state index contributed by atoms with van der Waals surface area (Å²) in [6.45, 7) is 4.97. The van der Waals surface area contributed by atoms with E-state index in [-0.39, 0.29) is 5.56 Å². The minimum Gasteiger partial charge on any atom is -0.490 e. The normalized spacial score (nSPS) is 13.2. The molecule has 0 fully saturated rings. The number of hydrogen-bond acceptors (Lipinski definition) is 5. The number of fused-ring (bicyclic) bond motifs is 1. The van der Waals surface area contributed by atoms with Gasteiger partial charge in [0.2, 0.25) is 0 Å². The predicted molar refractivity (Wildman–Crippen MR) is 119 cm³/mol. The number of hydrogen-bond donors (Lipinski definition) is 0. The fraction of sp³-hybridized carbons (Fsp3) is 0.320. The van der Waals surface area contributed by atoms with Crippen molar-refractivity contribution in [2.24, 2.45) is 0 Å². The smallest absolute Gasteiger partial charge is 0.343 e. The summed E-state index contributed by atoms with van der Waals surface area (Å²) < 4.78 is 13.1. The summed E-state index contributed by atoms with van der Waals surface area (Å²) in [5.41, 5.74) is 2.87. The predicted octanol–water partition coefficient (Wildman–Crippen LogP) is 4.56. The highest BCUT2D eigenvalue weighted by molar-refractivity contribution is 5.91. The van der Waals surface area contributed by atoms with Gasteiger partial charge in [-0.15, -0.1) is 0 Å². The van der Waals surface area contributed by atoms with Gasteiger partial charge in [-0.05, 0) is 57.0 Å². The zero-order valence-electron chi connectivity index (χ0n) is 17.9. The second-order valence-corrected chi connectivity index (χ2v) is 7.71. The topological polar surface area (TPSA) is 70.4 Å². The van der Waals surface area contributed by atoms with Crippen molar-refractivity contribution in [1.82, 2.24) is 9.55 Å². The minimum absolute atomic E-state index is 0.0327. The molecule has 0 aliphatic carbocycles. The van der Waals surface area contributed by atoms with Crippen LogP contribution in [0.4, 0.5) is 0 Å². The van der Waals surface area contributed by atoms with Crippen LogP contribution < -0.4 is 15.0 Å². The molecule has 4 rings (SSSR count). The largest absolute Gasteiger partial charge is 0.490 e. The van der Waals surface area contributed by atoms with Gasteiger partial charge >= 0.3 is 5.97 Å². The highest BCUT2D eigenvalue weighted by Gasteiger charge is 2.17. The molecule has 0 atom stereocenters. The Morgan fingerprint density at radius 3 is 2.61 bits per heavy atom. The zero-order valence-corrected chi connectivity index (χ0v) is 17.9. The van der Waals surface area contributed by atoms with Crippen molar-refractivity contribution >= 4 is 5.97 Å². The molecule has 6 nitrogen and oxygen atoms in total. The van der Waals surface area contributed by atoms with Crippen LogP contribution in [0.5, 0.6) is 11.5 Å². The summed E-state index contributed by atoms with van der Waals surface area (Å²) in [7, 11) is 0. The molecule has 0 unspecified atom stereocenters. The Labute approximate surface area is 181 Å². The van der Waals surface area contributed by atoms with Crippen LogP contribution in [-0.2, 0) is 13.0 Å². The molecule has 0 N–H and O–H groups in total. The standard InChI is InChI=1S/C25H26N2O4/c1-3-30-22-15-19(20-16-24(28)27-14-6-4-5-7-23(27)26-20)12-13-21(22)31-25(29)18-10-8-17(2)9-11-18/h8-13,15-16H,3-7,14H2,1-2H3. The van der Waals surface area contributed by atoms with Gasteiger partial charge in [0, 0.05) is 24.6 Å². The molecule has 0 saturated heterocycles. The van der Waals surface area contributed by atoms with E-state index in [1.54, 1.807) is 41.0 Å². The first-order chi connectivity index (χ1) is 15.0. The van der Waals surface area contributed by atoms with Crippen LogP contribution in [0.2, 0.25) is 0 Å².